The third-order valence-corrected chi connectivity index (χ3v) is 3.95. The Bertz CT molecular complexity index is 553. The second-order valence-electron chi connectivity index (χ2n) is 6.17. The zero-order chi connectivity index (χ0) is 17.9. The Morgan fingerprint density at radius 1 is 1.33 bits per heavy atom. The van der Waals surface area contributed by atoms with Crippen LogP contribution in [0.5, 0.6) is 5.88 Å². The Hall–Kier alpha value is -1.83. The normalized spacial score (nSPS) is 17.9. The topological polar surface area (TPSA) is 62.7 Å². The second-order valence-corrected chi connectivity index (χ2v) is 6.17. The number of ether oxygens (including phenoxy) is 1. The molecule has 1 atom stereocenters. The zero-order valence-electron chi connectivity index (χ0n) is 13.6. The summed E-state index contributed by atoms with van der Waals surface area (Å²) in [6.07, 6.45) is -5.34. The van der Waals surface area contributed by atoms with Gasteiger partial charge in [0.05, 0.1) is 11.7 Å². The molecule has 0 aliphatic carbocycles. The third-order valence-electron chi connectivity index (χ3n) is 3.95. The van der Waals surface area contributed by atoms with Gasteiger partial charge >= 0.3 is 6.18 Å². The average molecular weight is 346 g/mol. The van der Waals surface area contributed by atoms with Crippen molar-refractivity contribution < 1.29 is 27.8 Å². The molecule has 1 aliphatic rings. The molecule has 0 saturated carbocycles. The van der Waals surface area contributed by atoms with Crippen LogP contribution in [0.4, 0.5) is 13.2 Å². The number of hydrogen-bond acceptors (Lipinski definition) is 4. The van der Waals surface area contributed by atoms with Crippen LogP contribution in [0.2, 0.25) is 0 Å². The number of carbonyl (C=O) groups excluding carboxylic acids is 1. The Balaban J connectivity index is 1.93. The molecule has 0 bridgehead atoms. The van der Waals surface area contributed by atoms with Crippen molar-refractivity contribution in [2.24, 2.45) is 5.92 Å². The molecule has 134 valence electrons. The molecule has 0 spiro atoms. The van der Waals surface area contributed by atoms with Gasteiger partial charge in [-0.2, -0.15) is 13.2 Å². The van der Waals surface area contributed by atoms with Crippen LogP contribution in [-0.4, -0.2) is 52.4 Å². The van der Waals surface area contributed by atoms with Gasteiger partial charge in [-0.1, -0.05) is 0 Å². The Kier molecular flexibility index (Phi) is 5.69. The summed E-state index contributed by atoms with van der Waals surface area (Å²) in [5, 5.41) is 9.30. The molecule has 1 fully saturated rings. The molecule has 0 aromatic carbocycles. The molecule has 1 saturated heterocycles. The molecule has 1 aromatic heterocycles. The summed E-state index contributed by atoms with van der Waals surface area (Å²) in [6.45, 7) is 4.09. The molecule has 8 heteroatoms. The van der Waals surface area contributed by atoms with E-state index in [0.29, 0.717) is 11.4 Å². The van der Waals surface area contributed by atoms with Gasteiger partial charge in [-0.05, 0) is 38.7 Å². The standard InChI is InChI=1S/C16H21F3N2O3/c1-10(2)24-13-4-3-12(9-20-13)15(23)21-7-5-11(6-8-21)14(22)16(17,18)19/h3-4,9-11,14,22H,5-8H2,1-2H3. The second kappa shape index (κ2) is 7.38. The zero-order valence-corrected chi connectivity index (χ0v) is 13.6. The Morgan fingerprint density at radius 2 is 1.96 bits per heavy atom. The van der Waals surface area contributed by atoms with Crippen molar-refractivity contribution in [1.29, 1.82) is 0 Å². The number of aromatic nitrogens is 1. The predicted octanol–water partition coefficient (Wildman–Crippen LogP) is 2.64. The van der Waals surface area contributed by atoms with Gasteiger partial charge in [0.15, 0.2) is 6.10 Å². The number of aliphatic hydroxyl groups is 1. The largest absolute Gasteiger partial charge is 0.475 e. The first-order chi connectivity index (χ1) is 11.2. The number of rotatable bonds is 4. The lowest BCUT2D eigenvalue weighted by molar-refractivity contribution is -0.222. The number of likely N-dealkylation sites (tertiary alicyclic amines) is 1. The maximum Gasteiger partial charge on any atom is 0.414 e. The fraction of sp³-hybridized carbons (Fsp3) is 0.625. The van der Waals surface area contributed by atoms with Gasteiger partial charge in [0.25, 0.3) is 5.91 Å². The summed E-state index contributed by atoms with van der Waals surface area (Å²) in [5.41, 5.74) is 0.362. The molecule has 1 unspecified atom stereocenters. The van der Waals surface area contributed by atoms with E-state index in [1.165, 1.54) is 11.1 Å². The van der Waals surface area contributed by atoms with Crippen LogP contribution in [0.15, 0.2) is 18.3 Å². The number of aliphatic hydroxyl groups excluding tert-OH is 1. The first-order valence-corrected chi connectivity index (χ1v) is 7.85. The first kappa shape index (κ1) is 18.5. The van der Waals surface area contributed by atoms with Crippen molar-refractivity contribution >= 4 is 5.91 Å². The number of amides is 1. The van der Waals surface area contributed by atoms with Gasteiger partial charge in [0, 0.05) is 25.4 Å². The first-order valence-electron chi connectivity index (χ1n) is 7.85. The van der Waals surface area contributed by atoms with E-state index >= 15 is 0 Å². The molecule has 2 rings (SSSR count). The predicted molar refractivity (Wildman–Crippen MR) is 80.7 cm³/mol. The minimum absolute atomic E-state index is 0.0295. The molecule has 1 aromatic rings. The molecule has 1 amide bonds. The van der Waals surface area contributed by atoms with Crippen LogP contribution in [0, 0.1) is 5.92 Å². The molecule has 0 radical (unpaired) electrons. The number of halogens is 3. The Labute approximate surface area is 138 Å². The maximum atomic E-state index is 12.5. The van der Waals surface area contributed by atoms with Crippen LogP contribution in [-0.2, 0) is 0 Å². The molecular weight excluding hydrogens is 325 g/mol. The van der Waals surface area contributed by atoms with Crippen LogP contribution in [0.25, 0.3) is 0 Å². The van der Waals surface area contributed by atoms with E-state index in [1.54, 1.807) is 12.1 Å². The van der Waals surface area contributed by atoms with Crippen LogP contribution >= 0.6 is 0 Å². The van der Waals surface area contributed by atoms with Crippen LogP contribution in [0.1, 0.15) is 37.0 Å². The van der Waals surface area contributed by atoms with Gasteiger partial charge in [0.1, 0.15) is 0 Å². The minimum Gasteiger partial charge on any atom is -0.475 e. The van der Waals surface area contributed by atoms with E-state index in [-0.39, 0.29) is 37.9 Å². The highest BCUT2D eigenvalue weighted by atomic mass is 19.4. The van der Waals surface area contributed by atoms with Gasteiger partial charge in [-0.3, -0.25) is 4.79 Å². The molecule has 1 aliphatic heterocycles. The lowest BCUT2D eigenvalue weighted by Gasteiger charge is -2.34. The van der Waals surface area contributed by atoms with Crippen molar-refractivity contribution in [2.45, 2.75) is 45.1 Å². The van der Waals surface area contributed by atoms with E-state index < -0.39 is 18.2 Å². The lowest BCUT2D eigenvalue weighted by Crippen LogP contribution is -2.45. The van der Waals surface area contributed by atoms with Crippen molar-refractivity contribution in [2.75, 3.05) is 13.1 Å². The Morgan fingerprint density at radius 3 is 2.42 bits per heavy atom. The number of carbonyl (C=O) groups is 1. The van der Waals surface area contributed by atoms with E-state index in [4.69, 9.17) is 4.74 Å². The molecule has 24 heavy (non-hydrogen) atoms. The quantitative estimate of drug-likeness (QED) is 0.910. The highest BCUT2D eigenvalue weighted by molar-refractivity contribution is 5.94. The molecular formula is C16H21F3N2O3. The highest BCUT2D eigenvalue weighted by Gasteiger charge is 2.44. The number of piperidine rings is 1. The van der Waals surface area contributed by atoms with E-state index in [0.717, 1.165) is 0 Å². The van der Waals surface area contributed by atoms with Crippen molar-refractivity contribution in [3.05, 3.63) is 23.9 Å². The number of nitrogens with zero attached hydrogens (tertiary/aromatic N) is 2. The van der Waals surface area contributed by atoms with Gasteiger partial charge in [-0.25, -0.2) is 4.98 Å². The van der Waals surface area contributed by atoms with Crippen LogP contribution < -0.4 is 4.74 Å². The smallest absolute Gasteiger partial charge is 0.414 e. The summed E-state index contributed by atoms with van der Waals surface area (Å²) >= 11 is 0. The van der Waals surface area contributed by atoms with E-state index in [9.17, 15) is 23.1 Å². The minimum atomic E-state index is -4.62. The highest BCUT2D eigenvalue weighted by Crippen LogP contribution is 2.31. The van der Waals surface area contributed by atoms with Crippen molar-refractivity contribution in [1.82, 2.24) is 9.88 Å². The molecule has 2 heterocycles. The van der Waals surface area contributed by atoms with E-state index in [1.807, 2.05) is 13.8 Å². The number of pyridine rings is 1. The van der Waals surface area contributed by atoms with Gasteiger partial charge < -0.3 is 14.7 Å². The van der Waals surface area contributed by atoms with Gasteiger partial charge in [0.2, 0.25) is 5.88 Å². The summed E-state index contributed by atoms with van der Waals surface area (Å²) in [6, 6.07) is 3.18. The number of hydrogen-bond donors (Lipinski definition) is 1. The van der Waals surface area contributed by atoms with Crippen molar-refractivity contribution in [3.63, 3.8) is 0 Å². The lowest BCUT2D eigenvalue weighted by atomic mass is 9.90. The molecule has 1 N–H and O–H groups in total. The third kappa shape index (κ3) is 4.59. The number of alkyl halides is 3. The summed E-state index contributed by atoms with van der Waals surface area (Å²) < 4.78 is 43.0. The van der Waals surface area contributed by atoms with E-state index in [2.05, 4.69) is 4.98 Å². The summed E-state index contributed by atoms with van der Waals surface area (Å²) in [5.74, 6) is -0.735. The van der Waals surface area contributed by atoms with Crippen molar-refractivity contribution in [3.8, 4) is 5.88 Å². The monoisotopic (exact) mass is 346 g/mol. The average Bonchev–Trinajstić information content (AvgIpc) is 2.53. The summed E-state index contributed by atoms with van der Waals surface area (Å²) in [4.78, 5) is 17.9. The fourth-order valence-electron chi connectivity index (χ4n) is 2.69. The maximum absolute atomic E-state index is 12.5. The summed E-state index contributed by atoms with van der Waals surface area (Å²) in [7, 11) is 0. The fourth-order valence-corrected chi connectivity index (χ4v) is 2.69. The van der Waals surface area contributed by atoms with Gasteiger partial charge in [-0.15, -0.1) is 0 Å². The SMILES string of the molecule is CC(C)Oc1ccc(C(=O)N2CCC(C(O)C(F)(F)F)CC2)cn1. The van der Waals surface area contributed by atoms with Crippen LogP contribution in [0.3, 0.4) is 0 Å². The molecule has 5 nitrogen and oxygen atoms in total.